The highest BCUT2D eigenvalue weighted by Gasteiger charge is 2.23. The normalized spacial score (nSPS) is 24.6. The number of hydrogen-bond donors (Lipinski definition) is 2. The van der Waals surface area contributed by atoms with Crippen LogP contribution in [0.2, 0.25) is 0 Å². The monoisotopic (exact) mass is 159 g/mol. The molecule has 0 radical (unpaired) electrons. The lowest BCUT2D eigenvalue weighted by molar-refractivity contribution is -0.661. The van der Waals surface area contributed by atoms with E-state index < -0.39 is 0 Å². The fraction of sp³-hybridized carbons (Fsp3) is 0.857. The molecule has 0 unspecified atom stereocenters. The van der Waals surface area contributed by atoms with Gasteiger partial charge in [-0.3, -0.25) is 10.1 Å². The van der Waals surface area contributed by atoms with E-state index in [2.05, 4.69) is 10.6 Å². The molecule has 0 bridgehead atoms. The van der Waals surface area contributed by atoms with Gasteiger partial charge < -0.3 is 10.1 Å². The zero-order valence-corrected chi connectivity index (χ0v) is 6.80. The van der Waals surface area contributed by atoms with Crippen LogP contribution in [0.3, 0.4) is 0 Å². The summed E-state index contributed by atoms with van der Waals surface area (Å²) in [5, 5.41) is 5.22. The van der Waals surface area contributed by atoms with Crippen molar-refractivity contribution in [3.05, 3.63) is 0 Å². The molecule has 1 rings (SSSR count). The van der Waals surface area contributed by atoms with Gasteiger partial charge in [-0.2, -0.15) is 0 Å². The van der Waals surface area contributed by atoms with Gasteiger partial charge in [0.2, 0.25) is 0 Å². The summed E-state index contributed by atoms with van der Waals surface area (Å²) < 4.78 is 4.86. The van der Waals surface area contributed by atoms with Gasteiger partial charge in [0.15, 0.2) is 6.04 Å². The lowest BCUT2D eigenvalue weighted by Gasteiger charge is -2.19. The van der Waals surface area contributed by atoms with Gasteiger partial charge in [0, 0.05) is 6.54 Å². The number of rotatable bonds is 2. The minimum atomic E-state index is -0.122. The van der Waals surface area contributed by atoms with Crippen molar-refractivity contribution >= 4 is 5.97 Å². The maximum atomic E-state index is 11.1. The van der Waals surface area contributed by atoms with Crippen molar-refractivity contribution in [2.24, 2.45) is 0 Å². The van der Waals surface area contributed by atoms with Gasteiger partial charge in [-0.1, -0.05) is 0 Å². The maximum Gasteiger partial charge on any atom is 0.329 e. The fourth-order valence-electron chi connectivity index (χ4n) is 1.15. The zero-order chi connectivity index (χ0) is 8.10. The molecule has 1 fully saturated rings. The summed E-state index contributed by atoms with van der Waals surface area (Å²) in [7, 11) is 0. The van der Waals surface area contributed by atoms with Crippen LogP contribution in [0.1, 0.15) is 6.92 Å². The van der Waals surface area contributed by atoms with Gasteiger partial charge in [0.05, 0.1) is 13.2 Å². The van der Waals surface area contributed by atoms with Gasteiger partial charge in [-0.15, -0.1) is 0 Å². The Morgan fingerprint density at radius 1 is 1.82 bits per heavy atom. The number of piperazine rings is 1. The number of esters is 1. The molecular weight excluding hydrogens is 144 g/mol. The van der Waals surface area contributed by atoms with E-state index in [9.17, 15) is 4.79 Å². The van der Waals surface area contributed by atoms with Crippen molar-refractivity contribution < 1.29 is 14.8 Å². The number of hydrogen-bond acceptors (Lipinski definition) is 3. The Bertz CT molecular complexity index is 132. The summed E-state index contributed by atoms with van der Waals surface area (Å²) in [6, 6.07) is -0.0938. The highest BCUT2D eigenvalue weighted by atomic mass is 16.5. The number of quaternary nitrogens is 1. The average molecular weight is 159 g/mol. The quantitative estimate of drug-likeness (QED) is 0.462. The van der Waals surface area contributed by atoms with Crippen LogP contribution in [0.25, 0.3) is 0 Å². The molecule has 0 aromatic heterocycles. The van der Waals surface area contributed by atoms with E-state index in [1.807, 2.05) is 6.92 Å². The van der Waals surface area contributed by atoms with E-state index in [4.69, 9.17) is 4.74 Å². The van der Waals surface area contributed by atoms with E-state index in [-0.39, 0.29) is 12.0 Å². The molecule has 0 spiro atoms. The van der Waals surface area contributed by atoms with Crippen LogP contribution < -0.4 is 10.6 Å². The SMILES string of the molecule is CCOC(=O)[C@@H]1C[NH2+]CCN1. The van der Waals surface area contributed by atoms with Gasteiger partial charge in [0.1, 0.15) is 6.54 Å². The predicted octanol–water partition coefficient (Wildman–Crippen LogP) is -1.92. The number of nitrogens with one attached hydrogen (secondary N) is 1. The Hall–Kier alpha value is -0.610. The van der Waals surface area contributed by atoms with Crippen LogP contribution in [0.5, 0.6) is 0 Å². The third-order valence-corrected chi connectivity index (χ3v) is 1.71. The van der Waals surface area contributed by atoms with E-state index in [1.165, 1.54) is 0 Å². The summed E-state index contributed by atoms with van der Waals surface area (Å²) >= 11 is 0. The molecule has 1 aliphatic heterocycles. The van der Waals surface area contributed by atoms with Crippen molar-refractivity contribution in [2.45, 2.75) is 13.0 Å². The minimum absolute atomic E-state index is 0.0938. The van der Waals surface area contributed by atoms with Gasteiger partial charge in [-0.05, 0) is 6.92 Å². The third-order valence-electron chi connectivity index (χ3n) is 1.71. The number of carbonyl (C=O) groups excluding carboxylic acids is 1. The smallest absolute Gasteiger partial charge is 0.329 e. The molecule has 64 valence electrons. The number of nitrogens with two attached hydrogens (primary N) is 1. The lowest BCUT2D eigenvalue weighted by atomic mass is 10.2. The first-order chi connectivity index (χ1) is 5.34. The van der Waals surface area contributed by atoms with Crippen LogP contribution in [0, 0.1) is 0 Å². The van der Waals surface area contributed by atoms with Crippen molar-refractivity contribution in [3.63, 3.8) is 0 Å². The molecule has 4 nitrogen and oxygen atoms in total. The molecule has 4 heteroatoms. The molecule has 0 amide bonds. The van der Waals surface area contributed by atoms with E-state index in [0.29, 0.717) is 6.61 Å². The molecule has 1 atom stereocenters. The van der Waals surface area contributed by atoms with E-state index in [0.717, 1.165) is 19.6 Å². The fourth-order valence-corrected chi connectivity index (χ4v) is 1.15. The third kappa shape index (κ3) is 2.48. The Kier molecular flexibility index (Phi) is 3.32. The molecule has 1 aliphatic rings. The molecular formula is C7H15N2O2+. The first-order valence-corrected chi connectivity index (χ1v) is 4.06. The average Bonchev–Trinajstić information content (AvgIpc) is 2.07. The topological polar surface area (TPSA) is 54.9 Å². The van der Waals surface area contributed by atoms with Crippen molar-refractivity contribution in [1.82, 2.24) is 5.32 Å². The van der Waals surface area contributed by atoms with Crippen LogP contribution >= 0.6 is 0 Å². The number of ether oxygens (including phenoxy) is 1. The predicted molar refractivity (Wildman–Crippen MR) is 40.1 cm³/mol. The van der Waals surface area contributed by atoms with Gasteiger partial charge in [-0.25, -0.2) is 0 Å². The maximum absolute atomic E-state index is 11.1. The second kappa shape index (κ2) is 4.31. The van der Waals surface area contributed by atoms with Crippen molar-refractivity contribution in [2.75, 3.05) is 26.2 Å². The Labute approximate surface area is 66.3 Å². The van der Waals surface area contributed by atoms with Crippen LogP contribution in [0.4, 0.5) is 0 Å². The van der Waals surface area contributed by atoms with E-state index >= 15 is 0 Å². The second-order valence-corrected chi connectivity index (χ2v) is 2.57. The Morgan fingerprint density at radius 3 is 3.18 bits per heavy atom. The van der Waals surface area contributed by atoms with Crippen molar-refractivity contribution in [1.29, 1.82) is 0 Å². The summed E-state index contributed by atoms with van der Waals surface area (Å²) in [6.45, 7) is 5.04. The summed E-state index contributed by atoms with van der Waals surface area (Å²) in [5.41, 5.74) is 0. The molecule has 1 heterocycles. The van der Waals surface area contributed by atoms with Crippen LogP contribution in [-0.2, 0) is 9.53 Å². The molecule has 0 aromatic carbocycles. The van der Waals surface area contributed by atoms with Crippen molar-refractivity contribution in [3.8, 4) is 0 Å². The summed E-state index contributed by atoms with van der Waals surface area (Å²) in [4.78, 5) is 11.1. The second-order valence-electron chi connectivity index (χ2n) is 2.57. The minimum Gasteiger partial charge on any atom is -0.465 e. The standard InChI is InChI=1S/C7H14N2O2/c1-2-11-7(10)6-5-8-3-4-9-6/h6,8-9H,2-5H2,1H3/p+1/t6-/m0/s1. The Balaban J connectivity index is 2.27. The molecule has 3 N–H and O–H groups in total. The first kappa shape index (κ1) is 8.49. The highest BCUT2D eigenvalue weighted by molar-refractivity contribution is 5.75. The van der Waals surface area contributed by atoms with Crippen LogP contribution in [-0.4, -0.2) is 38.3 Å². The molecule has 0 saturated carbocycles. The largest absolute Gasteiger partial charge is 0.465 e. The molecule has 0 aliphatic carbocycles. The highest BCUT2D eigenvalue weighted by Crippen LogP contribution is 1.87. The van der Waals surface area contributed by atoms with Crippen LogP contribution in [0.15, 0.2) is 0 Å². The molecule has 0 aromatic rings. The molecule has 11 heavy (non-hydrogen) atoms. The summed E-state index contributed by atoms with van der Waals surface area (Å²) in [6.07, 6.45) is 0. The van der Waals surface area contributed by atoms with Gasteiger partial charge in [0.25, 0.3) is 0 Å². The first-order valence-electron chi connectivity index (χ1n) is 4.06. The zero-order valence-electron chi connectivity index (χ0n) is 6.80. The lowest BCUT2D eigenvalue weighted by Crippen LogP contribution is -2.92. The van der Waals surface area contributed by atoms with E-state index in [1.54, 1.807) is 0 Å². The Morgan fingerprint density at radius 2 is 2.64 bits per heavy atom. The number of carbonyl (C=O) groups is 1. The summed E-state index contributed by atoms with van der Waals surface area (Å²) in [5.74, 6) is -0.122. The van der Waals surface area contributed by atoms with Gasteiger partial charge >= 0.3 is 5.97 Å². The molecule has 1 saturated heterocycles.